The molecule has 2 nitrogen and oxygen atoms in total. The van der Waals surface area contributed by atoms with Gasteiger partial charge in [-0.2, -0.15) is 0 Å². The van der Waals surface area contributed by atoms with Crippen molar-refractivity contribution in [1.82, 2.24) is 5.32 Å². The largest absolute Gasteiger partial charge is 0.402 e. The lowest BCUT2D eigenvalue weighted by atomic mass is 10.0. The Labute approximate surface area is 51.7 Å². The summed E-state index contributed by atoms with van der Waals surface area (Å²) in [5.74, 6) is 0. The van der Waals surface area contributed by atoms with Crippen LogP contribution in [0.25, 0.3) is 0 Å². The van der Waals surface area contributed by atoms with E-state index in [2.05, 4.69) is 5.32 Å². The van der Waals surface area contributed by atoms with Gasteiger partial charge in [-0.15, -0.1) is 0 Å². The minimum atomic E-state index is -0.725. The molecule has 0 amide bonds. The van der Waals surface area contributed by atoms with Crippen molar-refractivity contribution < 1.29 is 5.11 Å². The standard InChI is InChI=1S/C5H12BNO/c1-4(2)7-3-5(6)8/h4-5,7-8H,3H2,1-2H3. The highest BCUT2D eigenvalue weighted by Crippen LogP contribution is 1.75. The Bertz CT molecular complexity index is 48.4. The van der Waals surface area contributed by atoms with Gasteiger partial charge in [-0.3, -0.25) is 0 Å². The second-order valence-corrected chi connectivity index (χ2v) is 2.13. The maximum absolute atomic E-state index is 8.52. The van der Waals surface area contributed by atoms with Gasteiger partial charge in [0.15, 0.2) is 0 Å². The van der Waals surface area contributed by atoms with E-state index in [9.17, 15) is 0 Å². The van der Waals surface area contributed by atoms with Gasteiger partial charge in [0.25, 0.3) is 0 Å². The summed E-state index contributed by atoms with van der Waals surface area (Å²) in [6.45, 7) is 4.47. The monoisotopic (exact) mass is 113 g/mol. The van der Waals surface area contributed by atoms with E-state index < -0.39 is 6.00 Å². The van der Waals surface area contributed by atoms with Crippen LogP contribution in [0.15, 0.2) is 0 Å². The first-order chi connectivity index (χ1) is 3.63. The van der Waals surface area contributed by atoms with Gasteiger partial charge >= 0.3 is 0 Å². The highest BCUT2D eigenvalue weighted by molar-refractivity contribution is 6.10. The Morgan fingerprint density at radius 3 is 2.25 bits per heavy atom. The molecule has 0 aromatic rings. The molecule has 0 rings (SSSR count). The summed E-state index contributed by atoms with van der Waals surface area (Å²) in [7, 11) is 5.03. The summed E-state index contributed by atoms with van der Waals surface area (Å²) >= 11 is 0. The quantitative estimate of drug-likeness (QED) is 0.482. The molecule has 0 fully saturated rings. The summed E-state index contributed by atoms with van der Waals surface area (Å²) in [5, 5.41) is 11.5. The first-order valence-corrected chi connectivity index (χ1v) is 2.80. The predicted octanol–water partition coefficient (Wildman–Crippen LogP) is -0.529. The van der Waals surface area contributed by atoms with Crippen molar-refractivity contribution in [2.24, 2.45) is 0 Å². The number of aliphatic hydroxyl groups excluding tert-OH is 1. The number of hydrogen-bond acceptors (Lipinski definition) is 2. The normalized spacial score (nSPS) is 14.5. The van der Waals surface area contributed by atoms with Crippen molar-refractivity contribution >= 4 is 7.85 Å². The highest BCUT2D eigenvalue weighted by atomic mass is 16.3. The fraction of sp³-hybridized carbons (Fsp3) is 1.00. The van der Waals surface area contributed by atoms with Gasteiger partial charge in [-0.05, 0) is 0 Å². The molecule has 46 valence electrons. The Morgan fingerprint density at radius 2 is 2.12 bits per heavy atom. The average Bonchev–Trinajstić information content (AvgIpc) is 1.61. The van der Waals surface area contributed by atoms with Crippen LogP contribution < -0.4 is 5.32 Å². The fourth-order valence-electron chi connectivity index (χ4n) is 0.356. The summed E-state index contributed by atoms with van der Waals surface area (Å²) in [4.78, 5) is 0. The van der Waals surface area contributed by atoms with E-state index in [1.807, 2.05) is 13.8 Å². The molecule has 2 radical (unpaired) electrons. The van der Waals surface area contributed by atoms with E-state index in [4.69, 9.17) is 13.0 Å². The first kappa shape index (κ1) is 7.98. The zero-order valence-corrected chi connectivity index (χ0v) is 5.39. The van der Waals surface area contributed by atoms with E-state index in [1.165, 1.54) is 0 Å². The van der Waals surface area contributed by atoms with Crippen LogP contribution in [0.1, 0.15) is 13.8 Å². The third-order valence-electron chi connectivity index (χ3n) is 0.735. The molecule has 1 atom stereocenters. The summed E-state index contributed by atoms with van der Waals surface area (Å²) in [5.41, 5.74) is 0. The first-order valence-electron chi connectivity index (χ1n) is 2.80. The summed E-state index contributed by atoms with van der Waals surface area (Å²) in [6.07, 6.45) is 0. The van der Waals surface area contributed by atoms with Crippen LogP contribution in [0.2, 0.25) is 0 Å². The molecule has 0 aliphatic heterocycles. The summed E-state index contributed by atoms with van der Waals surface area (Å²) in [6, 6.07) is -0.328. The molecular formula is C5H12BNO. The Kier molecular flexibility index (Phi) is 3.92. The molecular weight excluding hydrogens is 101 g/mol. The third-order valence-corrected chi connectivity index (χ3v) is 0.735. The number of rotatable bonds is 3. The van der Waals surface area contributed by atoms with Crippen LogP contribution in [-0.4, -0.2) is 31.5 Å². The van der Waals surface area contributed by atoms with E-state index in [0.29, 0.717) is 12.6 Å². The summed E-state index contributed by atoms with van der Waals surface area (Å²) < 4.78 is 0. The molecule has 3 heteroatoms. The zero-order valence-electron chi connectivity index (χ0n) is 5.39. The van der Waals surface area contributed by atoms with E-state index in [-0.39, 0.29) is 0 Å². The average molecular weight is 113 g/mol. The molecule has 0 bridgehead atoms. The smallest absolute Gasteiger partial charge is 0.110 e. The number of hydrogen-bond donors (Lipinski definition) is 2. The maximum Gasteiger partial charge on any atom is 0.110 e. The molecule has 0 spiro atoms. The van der Waals surface area contributed by atoms with Crippen LogP contribution in [0.4, 0.5) is 0 Å². The minimum Gasteiger partial charge on any atom is -0.402 e. The van der Waals surface area contributed by atoms with Crippen LogP contribution in [-0.2, 0) is 0 Å². The zero-order chi connectivity index (χ0) is 6.57. The van der Waals surface area contributed by atoms with Crippen LogP contribution >= 0.6 is 0 Å². The molecule has 0 aliphatic carbocycles. The fourth-order valence-corrected chi connectivity index (χ4v) is 0.356. The van der Waals surface area contributed by atoms with Crippen molar-refractivity contribution in [3.8, 4) is 0 Å². The Hall–Kier alpha value is -0.0151. The molecule has 0 aliphatic rings. The lowest BCUT2D eigenvalue weighted by molar-refractivity contribution is 0.246. The van der Waals surface area contributed by atoms with Crippen LogP contribution in [0, 0.1) is 0 Å². The second kappa shape index (κ2) is 3.92. The third kappa shape index (κ3) is 5.98. The minimum absolute atomic E-state index is 0.396. The van der Waals surface area contributed by atoms with Crippen LogP contribution in [0.5, 0.6) is 0 Å². The van der Waals surface area contributed by atoms with Gasteiger partial charge in [-0.1, -0.05) is 13.8 Å². The van der Waals surface area contributed by atoms with Gasteiger partial charge < -0.3 is 10.4 Å². The van der Waals surface area contributed by atoms with Gasteiger partial charge in [-0.25, -0.2) is 0 Å². The Morgan fingerprint density at radius 1 is 1.62 bits per heavy atom. The molecule has 1 unspecified atom stereocenters. The Balaban J connectivity index is 2.93. The van der Waals surface area contributed by atoms with Crippen molar-refractivity contribution in [3.63, 3.8) is 0 Å². The van der Waals surface area contributed by atoms with Gasteiger partial charge in [0.1, 0.15) is 7.85 Å². The van der Waals surface area contributed by atoms with Crippen LogP contribution in [0.3, 0.4) is 0 Å². The van der Waals surface area contributed by atoms with Crippen molar-refractivity contribution in [3.05, 3.63) is 0 Å². The molecule has 0 heterocycles. The van der Waals surface area contributed by atoms with Crippen molar-refractivity contribution in [2.75, 3.05) is 6.54 Å². The molecule has 0 aromatic carbocycles. The lowest BCUT2D eigenvalue weighted by Crippen LogP contribution is -2.31. The topological polar surface area (TPSA) is 32.3 Å². The van der Waals surface area contributed by atoms with E-state index in [1.54, 1.807) is 0 Å². The van der Waals surface area contributed by atoms with Gasteiger partial charge in [0.05, 0.1) is 0 Å². The van der Waals surface area contributed by atoms with E-state index >= 15 is 0 Å². The SMILES string of the molecule is [B]C(O)CNC(C)C. The van der Waals surface area contributed by atoms with Crippen molar-refractivity contribution in [1.29, 1.82) is 0 Å². The van der Waals surface area contributed by atoms with Gasteiger partial charge in [0.2, 0.25) is 0 Å². The lowest BCUT2D eigenvalue weighted by Gasteiger charge is -2.08. The highest BCUT2D eigenvalue weighted by Gasteiger charge is 1.94. The molecule has 8 heavy (non-hydrogen) atoms. The van der Waals surface area contributed by atoms with Gasteiger partial charge in [0, 0.05) is 18.6 Å². The molecule has 0 saturated heterocycles. The maximum atomic E-state index is 8.52. The molecule has 0 aromatic heterocycles. The second-order valence-electron chi connectivity index (χ2n) is 2.13. The number of nitrogens with one attached hydrogen (secondary N) is 1. The molecule has 2 N–H and O–H groups in total. The van der Waals surface area contributed by atoms with E-state index in [0.717, 1.165) is 0 Å². The molecule has 0 saturated carbocycles. The van der Waals surface area contributed by atoms with Crippen molar-refractivity contribution in [2.45, 2.75) is 25.9 Å². The number of aliphatic hydroxyl groups is 1. The predicted molar refractivity (Wildman–Crippen MR) is 34.9 cm³/mol.